The minimum atomic E-state index is -5.64. The van der Waals surface area contributed by atoms with Gasteiger partial charge in [0.25, 0.3) is 0 Å². The van der Waals surface area contributed by atoms with E-state index in [1.807, 2.05) is 0 Å². The van der Waals surface area contributed by atoms with E-state index in [9.17, 15) is 35.5 Å². The highest BCUT2D eigenvalue weighted by Crippen LogP contribution is 2.38. The van der Waals surface area contributed by atoms with E-state index >= 15 is 0 Å². The molecule has 2 rings (SSSR count). The van der Waals surface area contributed by atoms with Crippen LogP contribution in [0.1, 0.15) is 22.8 Å². The molecule has 0 aliphatic heterocycles. The highest BCUT2D eigenvalue weighted by Gasteiger charge is 2.42. The van der Waals surface area contributed by atoms with Crippen LogP contribution in [0.2, 0.25) is 0 Å². The first-order valence-electron chi connectivity index (χ1n) is 7.05. The highest BCUT2D eigenvalue weighted by molar-refractivity contribution is 7.80. The van der Waals surface area contributed by atoms with Gasteiger partial charge in [-0.1, -0.05) is 12.1 Å². The normalized spacial score (nSPS) is 11.3. The molecular formula is C16H9F7N2OS. The molecule has 144 valence electrons. The molecule has 0 atom stereocenters. The Morgan fingerprint density at radius 2 is 1.52 bits per heavy atom. The van der Waals surface area contributed by atoms with Crippen LogP contribution in [-0.4, -0.2) is 10.9 Å². The lowest BCUT2D eigenvalue weighted by Gasteiger charge is -2.16. The van der Waals surface area contributed by atoms with Crippen LogP contribution in [0.15, 0.2) is 24.3 Å². The summed E-state index contributed by atoms with van der Waals surface area (Å²) in [6.07, 6.45) is -5.64. The van der Waals surface area contributed by atoms with Crippen LogP contribution >= 0.6 is 12.2 Å². The maximum Gasteiger partial charge on any atom is 0.422 e. The largest absolute Gasteiger partial charge is 0.422 e. The topological polar surface area (TPSA) is 41.1 Å². The number of ketones is 1. The lowest BCUT2D eigenvalue weighted by atomic mass is 10.1. The standard InChI is InChI=1S/C16H9F7N2OS/c1-6(26)7-3-2-4-8(5-7)24-15(27)25-14-12(19)10(17)9(16(21,22)23)11(18)13(14)20/h2-5H,1H3,(H2,24,25,27). The summed E-state index contributed by atoms with van der Waals surface area (Å²) < 4.78 is 92.5. The molecule has 0 aromatic heterocycles. The van der Waals surface area contributed by atoms with Crippen LogP contribution < -0.4 is 10.6 Å². The number of Topliss-reactive ketones (excluding diaryl/α,β-unsaturated/α-hetero) is 1. The van der Waals surface area contributed by atoms with E-state index in [0.717, 1.165) is 0 Å². The zero-order chi connectivity index (χ0) is 20.5. The molecule has 2 aromatic carbocycles. The number of halogens is 7. The van der Waals surface area contributed by atoms with Crippen molar-refractivity contribution < 1.29 is 35.5 Å². The molecule has 0 saturated carbocycles. The van der Waals surface area contributed by atoms with E-state index in [-0.39, 0.29) is 17.0 Å². The minimum absolute atomic E-state index is 0.189. The van der Waals surface area contributed by atoms with Gasteiger partial charge in [0.1, 0.15) is 11.3 Å². The monoisotopic (exact) mass is 410 g/mol. The van der Waals surface area contributed by atoms with Gasteiger partial charge in [-0.05, 0) is 31.3 Å². The van der Waals surface area contributed by atoms with Gasteiger partial charge in [-0.25, -0.2) is 17.6 Å². The number of anilines is 2. The number of benzene rings is 2. The minimum Gasteiger partial charge on any atom is -0.332 e. The van der Waals surface area contributed by atoms with Gasteiger partial charge >= 0.3 is 6.18 Å². The molecule has 0 unspecified atom stereocenters. The summed E-state index contributed by atoms with van der Waals surface area (Å²) in [6, 6.07) is 5.68. The number of hydrogen-bond acceptors (Lipinski definition) is 2. The molecule has 0 aliphatic carbocycles. The predicted molar refractivity (Wildman–Crippen MR) is 87.6 cm³/mol. The van der Waals surface area contributed by atoms with Gasteiger partial charge in [-0.3, -0.25) is 4.79 Å². The molecule has 0 bridgehead atoms. The summed E-state index contributed by atoms with van der Waals surface area (Å²) in [4.78, 5) is 11.3. The van der Waals surface area contributed by atoms with Crippen LogP contribution in [0.25, 0.3) is 0 Å². The third kappa shape index (κ3) is 4.35. The number of hydrogen-bond donors (Lipinski definition) is 2. The Hall–Kier alpha value is -2.69. The van der Waals surface area contributed by atoms with E-state index in [0.29, 0.717) is 0 Å². The van der Waals surface area contributed by atoms with Crippen LogP contribution in [0, 0.1) is 23.3 Å². The van der Waals surface area contributed by atoms with Crippen LogP contribution in [0.5, 0.6) is 0 Å². The summed E-state index contributed by atoms with van der Waals surface area (Å²) in [7, 11) is 0. The van der Waals surface area contributed by atoms with Gasteiger partial charge in [0.05, 0.1) is 0 Å². The van der Waals surface area contributed by atoms with Crippen LogP contribution in [0.4, 0.5) is 42.1 Å². The first kappa shape index (κ1) is 20.6. The Kier molecular flexibility index (Phi) is 5.73. The summed E-state index contributed by atoms with van der Waals surface area (Å²) >= 11 is 4.73. The fourth-order valence-electron chi connectivity index (χ4n) is 2.08. The quantitative estimate of drug-likeness (QED) is 0.313. The maximum atomic E-state index is 13.8. The predicted octanol–water partition coefficient (Wildman–Crippen LogP) is 5.27. The molecule has 0 spiro atoms. The molecule has 0 fully saturated rings. The summed E-state index contributed by atoms with van der Waals surface area (Å²) in [6.45, 7) is 1.29. The Balaban J connectivity index is 2.34. The molecule has 0 saturated heterocycles. The Morgan fingerprint density at radius 3 is 2.00 bits per heavy atom. The van der Waals surface area contributed by atoms with Gasteiger partial charge in [-0.2, -0.15) is 13.2 Å². The van der Waals surface area contributed by atoms with E-state index < -0.39 is 45.8 Å². The molecule has 27 heavy (non-hydrogen) atoms. The summed E-state index contributed by atoms with van der Waals surface area (Å²) in [5, 5.41) is 3.59. The zero-order valence-corrected chi connectivity index (χ0v) is 14.1. The second-order valence-electron chi connectivity index (χ2n) is 5.22. The van der Waals surface area contributed by atoms with Gasteiger partial charge in [0, 0.05) is 11.3 Å². The zero-order valence-electron chi connectivity index (χ0n) is 13.3. The molecule has 0 radical (unpaired) electrons. The van der Waals surface area contributed by atoms with Crippen molar-refractivity contribution in [3.63, 3.8) is 0 Å². The Bertz CT molecular complexity index is 899. The van der Waals surface area contributed by atoms with Crippen molar-refractivity contribution in [2.75, 3.05) is 10.6 Å². The van der Waals surface area contributed by atoms with E-state index in [1.54, 1.807) is 5.32 Å². The smallest absolute Gasteiger partial charge is 0.332 e. The molecule has 2 N–H and O–H groups in total. The SMILES string of the molecule is CC(=O)c1cccc(NC(=S)Nc2c(F)c(F)c(C(F)(F)F)c(F)c2F)c1. The van der Waals surface area contributed by atoms with Crippen molar-refractivity contribution in [1.82, 2.24) is 0 Å². The van der Waals surface area contributed by atoms with Gasteiger partial charge in [0.2, 0.25) is 0 Å². The number of alkyl halides is 3. The van der Waals surface area contributed by atoms with Crippen LogP contribution in [-0.2, 0) is 6.18 Å². The Labute approximate surface area is 153 Å². The number of carbonyl (C=O) groups is 1. The summed E-state index contributed by atoms with van der Waals surface area (Å²) in [5.41, 5.74) is -3.75. The fraction of sp³-hybridized carbons (Fsp3) is 0.125. The maximum absolute atomic E-state index is 13.8. The average Bonchev–Trinajstić information content (AvgIpc) is 2.56. The average molecular weight is 410 g/mol. The number of thiocarbonyl (C=S) groups is 1. The van der Waals surface area contributed by atoms with Crippen molar-refractivity contribution >= 4 is 34.5 Å². The highest BCUT2D eigenvalue weighted by atomic mass is 32.1. The van der Waals surface area contributed by atoms with E-state index in [2.05, 4.69) is 5.32 Å². The molecule has 0 amide bonds. The molecule has 3 nitrogen and oxygen atoms in total. The number of rotatable bonds is 3. The van der Waals surface area contributed by atoms with Crippen molar-refractivity contribution in [2.24, 2.45) is 0 Å². The summed E-state index contributed by atoms with van der Waals surface area (Å²) in [5.74, 6) is -10.1. The van der Waals surface area contributed by atoms with Gasteiger partial charge in [-0.15, -0.1) is 0 Å². The number of carbonyl (C=O) groups excluding carboxylic acids is 1. The molecule has 0 heterocycles. The molecule has 2 aromatic rings. The van der Waals surface area contributed by atoms with Crippen molar-refractivity contribution in [1.29, 1.82) is 0 Å². The third-order valence-electron chi connectivity index (χ3n) is 3.31. The fourth-order valence-corrected chi connectivity index (χ4v) is 2.30. The van der Waals surface area contributed by atoms with Gasteiger partial charge in [0.15, 0.2) is 34.2 Å². The molecular weight excluding hydrogens is 401 g/mol. The van der Waals surface area contributed by atoms with Crippen LogP contribution in [0.3, 0.4) is 0 Å². The second-order valence-corrected chi connectivity index (χ2v) is 5.63. The lowest BCUT2D eigenvalue weighted by Crippen LogP contribution is -2.23. The lowest BCUT2D eigenvalue weighted by molar-refractivity contribution is -0.143. The van der Waals surface area contributed by atoms with Crippen molar-refractivity contribution in [3.05, 3.63) is 58.7 Å². The third-order valence-corrected chi connectivity index (χ3v) is 3.52. The van der Waals surface area contributed by atoms with E-state index in [4.69, 9.17) is 12.2 Å². The van der Waals surface area contributed by atoms with E-state index in [1.165, 1.54) is 31.2 Å². The molecule has 11 heteroatoms. The number of nitrogens with one attached hydrogen (secondary N) is 2. The Morgan fingerprint density at radius 1 is 0.963 bits per heavy atom. The second kappa shape index (κ2) is 7.51. The first-order chi connectivity index (χ1) is 12.4. The van der Waals surface area contributed by atoms with Crippen molar-refractivity contribution in [3.8, 4) is 0 Å². The molecule has 0 aliphatic rings. The van der Waals surface area contributed by atoms with Gasteiger partial charge < -0.3 is 10.6 Å². The first-order valence-corrected chi connectivity index (χ1v) is 7.46. The van der Waals surface area contributed by atoms with Crippen molar-refractivity contribution in [2.45, 2.75) is 13.1 Å².